The molecule has 0 saturated heterocycles. The number of nitrogens with one attached hydrogen (secondary N) is 1. The summed E-state index contributed by atoms with van der Waals surface area (Å²) in [5, 5.41) is 0. The summed E-state index contributed by atoms with van der Waals surface area (Å²) in [7, 11) is -0.663. The fourth-order valence-electron chi connectivity index (χ4n) is 1.49. The van der Waals surface area contributed by atoms with Gasteiger partial charge in [0, 0.05) is 16.6 Å². The number of hydrogen-bond acceptors (Lipinski definition) is 4. The second-order valence-electron chi connectivity index (χ2n) is 4.79. The van der Waals surface area contributed by atoms with Gasteiger partial charge in [-0.25, -0.2) is 13.1 Å². The molecule has 0 aliphatic heterocycles. The molecule has 0 bridgehead atoms. The highest BCUT2D eigenvalue weighted by Crippen LogP contribution is 2.35. The van der Waals surface area contributed by atoms with E-state index >= 15 is 0 Å². The van der Waals surface area contributed by atoms with Crippen molar-refractivity contribution in [3.05, 3.63) is 16.6 Å². The van der Waals surface area contributed by atoms with E-state index < -0.39 is 10.0 Å². The van der Waals surface area contributed by atoms with Crippen molar-refractivity contribution in [3.8, 4) is 11.5 Å². The average Bonchev–Trinajstić information content (AvgIpc) is 2.37. The molecular weight excluding hydrogens is 346 g/mol. The molecule has 0 fully saturated rings. The molecule has 1 rings (SSSR count). The van der Waals surface area contributed by atoms with Gasteiger partial charge in [0.25, 0.3) is 0 Å². The van der Waals surface area contributed by atoms with Crippen molar-refractivity contribution in [2.75, 3.05) is 14.2 Å². The summed E-state index contributed by atoms with van der Waals surface area (Å²) in [6, 6.07) is 2.85. The largest absolute Gasteiger partial charge is 0.493 e. The molecule has 7 heteroatoms. The first-order valence-electron chi connectivity index (χ1n) is 6.16. The Labute approximate surface area is 128 Å². The molecule has 0 amide bonds. The van der Waals surface area contributed by atoms with E-state index in [1.54, 1.807) is 6.07 Å². The first kappa shape index (κ1) is 17.3. The van der Waals surface area contributed by atoms with Gasteiger partial charge in [0.2, 0.25) is 10.0 Å². The van der Waals surface area contributed by atoms with Crippen LogP contribution in [0, 0.1) is 5.92 Å². The molecule has 0 aliphatic rings. The van der Waals surface area contributed by atoms with Crippen molar-refractivity contribution >= 4 is 26.0 Å². The van der Waals surface area contributed by atoms with Crippen LogP contribution < -0.4 is 14.2 Å². The third-order valence-electron chi connectivity index (χ3n) is 3.07. The van der Waals surface area contributed by atoms with Gasteiger partial charge in [0.15, 0.2) is 11.5 Å². The highest BCUT2D eigenvalue weighted by atomic mass is 79.9. The van der Waals surface area contributed by atoms with Crippen molar-refractivity contribution in [2.45, 2.75) is 31.7 Å². The van der Waals surface area contributed by atoms with Crippen LogP contribution in [0.4, 0.5) is 0 Å². The van der Waals surface area contributed by atoms with E-state index in [4.69, 9.17) is 9.47 Å². The normalized spacial score (nSPS) is 13.3. The fraction of sp³-hybridized carbons (Fsp3) is 0.538. The van der Waals surface area contributed by atoms with Crippen LogP contribution in [0.5, 0.6) is 11.5 Å². The molecule has 20 heavy (non-hydrogen) atoms. The molecular formula is C13H20BrNO4S. The zero-order chi connectivity index (χ0) is 15.5. The van der Waals surface area contributed by atoms with Gasteiger partial charge in [0.1, 0.15) is 4.90 Å². The average molecular weight is 366 g/mol. The van der Waals surface area contributed by atoms with Gasteiger partial charge < -0.3 is 9.47 Å². The lowest BCUT2D eigenvalue weighted by molar-refractivity contribution is 0.353. The summed E-state index contributed by atoms with van der Waals surface area (Å²) < 4.78 is 38.1. The van der Waals surface area contributed by atoms with Gasteiger partial charge in [-0.1, -0.05) is 13.8 Å². The lowest BCUT2D eigenvalue weighted by atomic mass is 10.1. The van der Waals surface area contributed by atoms with Gasteiger partial charge in [-0.3, -0.25) is 0 Å². The zero-order valence-electron chi connectivity index (χ0n) is 12.2. The molecule has 1 aromatic carbocycles. The number of benzene rings is 1. The quantitative estimate of drug-likeness (QED) is 0.841. The Kier molecular flexibility index (Phi) is 5.85. The van der Waals surface area contributed by atoms with Gasteiger partial charge >= 0.3 is 0 Å². The molecule has 0 heterocycles. The van der Waals surface area contributed by atoms with Crippen LogP contribution in [0.25, 0.3) is 0 Å². The van der Waals surface area contributed by atoms with Crippen LogP contribution in [0.1, 0.15) is 20.8 Å². The molecule has 0 aromatic heterocycles. The van der Waals surface area contributed by atoms with E-state index in [-0.39, 0.29) is 16.9 Å². The van der Waals surface area contributed by atoms with E-state index in [1.807, 2.05) is 20.8 Å². The molecule has 114 valence electrons. The minimum Gasteiger partial charge on any atom is -0.493 e. The Balaban J connectivity index is 3.25. The first-order valence-corrected chi connectivity index (χ1v) is 8.44. The monoisotopic (exact) mass is 365 g/mol. The number of rotatable bonds is 6. The second kappa shape index (κ2) is 6.78. The highest BCUT2D eigenvalue weighted by Gasteiger charge is 2.24. The molecule has 1 N–H and O–H groups in total. The van der Waals surface area contributed by atoms with E-state index in [1.165, 1.54) is 20.3 Å². The summed E-state index contributed by atoms with van der Waals surface area (Å²) in [6.07, 6.45) is 0. The highest BCUT2D eigenvalue weighted by molar-refractivity contribution is 9.10. The summed E-state index contributed by atoms with van der Waals surface area (Å²) >= 11 is 3.26. The minimum absolute atomic E-state index is 0.127. The van der Waals surface area contributed by atoms with E-state index in [2.05, 4.69) is 20.7 Å². The molecule has 0 aliphatic carbocycles. The van der Waals surface area contributed by atoms with Crippen LogP contribution in [0.2, 0.25) is 0 Å². The lowest BCUT2D eigenvalue weighted by Crippen LogP contribution is -2.36. The molecule has 5 nitrogen and oxygen atoms in total. The standard InChI is InChI=1S/C13H20BrNO4S/c1-8(2)9(3)15-20(16,17)13-7-12(19-5)11(18-4)6-10(13)14/h6-9,15H,1-5H3/t9-/m0/s1. The number of halogens is 1. The lowest BCUT2D eigenvalue weighted by Gasteiger charge is -2.19. The van der Waals surface area contributed by atoms with E-state index in [9.17, 15) is 8.42 Å². The van der Waals surface area contributed by atoms with E-state index in [0.29, 0.717) is 16.0 Å². The van der Waals surface area contributed by atoms with E-state index in [0.717, 1.165) is 0 Å². The Morgan fingerprint density at radius 2 is 1.60 bits per heavy atom. The number of sulfonamides is 1. The summed E-state index contributed by atoms with van der Waals surface area (Å²) in [5.41, 5.74) is 0. The predicted molar refractivity (Wildman–Crippen MR) is 81.9 cm³/mol. The predicted octanol–water partition coefficient (Wildman–Crippen LogP) is 2.79. The van der Waals surface area contributed by atoms with Gasteiger partial charge in [0.05, 0.1) is 14.2 Å². The first-order chi connectivity index (χ1) is 9.22. The Hall–Kier alpha value is -0.790. The molecule has 0 spiro atoms. The molecule has 0 unspecified atom stereocenters. The van der Waals surface area contributed by atoms with Gasteiger partial charge in [-0.2, -0.15) is 0 Å². The number of methoxy groups -OCH3 is 2. The Morgan fingerprint density at radius 3 is 2.05 bits per heavy atom. The molecule has 1 aromatic rings. The van der Waals surface area contributed by atoms with Crippen LogP contribution in [-0.4, -0.2) is 28.7 Å². The van der Waals surface area contributed by atoms with Crippen LogP contribution in [-0.2, 0) is 10.0 Å². The van der Waals surface area contributed by atoms with Crippen molar-refractivity contribution in [2.24, 2.45) is 5.92 Å². The fourth-order valence-corrected chi connectivity index (χ4v) is 3.91. The zero-order valence-corrected chi connectivity index (χ0v) is 14.6. The SMILES string of the molecule is COc1cc(Br)c(S(=O)(=O)N[C@@H](C)C(C)C)cc1OC. The maximum absolute atomic E-state index is 12.4. The van der Waals surface area contributed by atoms with Crippen LogP contribution in [0.15, 0.2) is 21.5 Å². The van der Waals surface area contributed by atoms with Crippen molar-refractivity contribution in [3.63, 3.8) is 0 Å². The third-order valence-corrected chi connectivity index (χ3v) is 5.59. The van der Waals surface area contributed by atoms with Crippen molar-refractivity contribution in [1.29, 1.82) is 0 Å². The Morgan fingerprint density at radius 1 is 1.10 bits per heavy atom. The Bertz CT molecular complexity index is 572. The molecule has 0 saturated carbocycles. The van der Waals surface area contributed by atoms with Crippen molar-refractivity contribution in [1.82, 2.24) is 4.72 Å². The second-order valence-corrected chi connectivity index (χ2v) is 7.33. The maximum Gasteiger partial charge on any atom is 0.242 e. The smallest absolute Gasteiger partial charge is 0.242 e. The minimum atomic E-state index is -3.63. The topological polar surface area (TPSA) is 64.6 Å². The van der Waals surface area contributed by atoms with Gasteiger partial charge in [-0.15, -0.1) is 0 Å². The third kappa shape index (κ3) is 3.86. The summed E-state index contributed by atoms with van der Waals surface area (Å²) in [4.78, 5) is 0.127. The molecule has 0 radical (unpaired) electrons. The maximum atomic E-state index is 12.4. The summed E-state index contributed by atoms with van der Waals surface area (Å²) in [6.45, 7) is 5.74. The van der Waals surface area contributed by atoms with Crippen LogP contribution in [0.3, 0.4) is 0 Å². The van der Waals surface area contributed by atoms with Crippen LogP contribution >= 0.6 is 15.9 Å². The van der Waals surface area contributed by atoms with Gasteiger partial charge in [-0.05, 0) is 34.8 Å². The number of ether oxygens (including phenoxy) is 2. The van der Waals surface area contributed by atoms with Crippen molar-refractivity contribution < 1.29 is 17.9 Å². The summed E-state index contributed by atoms with van der Waals surface area (Å²) in [5.74, 6) is 1.03. The number of hydrogen-bond donors (Lipinski definition) is 1. The molecule has 1 atom stereocenters.